The summed E-state index contributed by atoms with van der Waals surface area (Å²) < 4.78 is 7.73. The number of ketones is 1. The van der Waals surface area contributed by atoms with Gasteiger partial charge in [0.05, 0.1) is 12.2 Å². The monoisotopic (exact) mass is 518 g/mol. The maximum atomic E-state index is 13.3. The van der Waals surface area contributed by atoms with Gasteiger partial charge in [0.15, 0.2) is 5.78 Å². The first-order chi connectivity index (χ1) is 18.1. The molecule has 3 aromatic rings. The van der Waals surface area contributed by atoms with Crippen LogP contribution in [-0.2, 0) is 29.6 Å². The summed E-state index contributed by atoms with van der Waals surface area (Å²) in [5.41, 5.74) is 3.88. The molecule has 0 aliphatic heterocycles. The van der Waals surface area contributed by atoms with Gasteiger partial charge < -0.3 is 19.3 Å². The number of carbonyl (C=O) groups is 3. The number of ether oxygens (including phenoxy) is 1. The topological polar surface area (TPSA) is 126 Å². The number of unbranched alkanes of at least 4 members (excludes halogenated alkanes) is 1. The number of benzene rings is 1. The molecule has 1 aromatic carbocycles. The standard InChI is InChI=1S/C29H34N4O5/c1-19(13-26(35)36)12-25(34)27-23-15-21(16-30)17-31-28(23)33(4)24(27)10-5-6-11-38-18-20-8-7-9-22(14-20)29(37)32(2)3/h7-9,14-15,17,19H,5-6,10-13,18H2,1-4H3,(H,35,36)/t19-/m0/s1. The van der Waals surface area contributed by atoms with Gasteiger partial charge in [-0.25, -0.2) is 4.98 Å². The zero-order valence-electron chi connectivity index (χ0n) is 22.4. The van der Waals surface area contributed by atoms with E-state index in [2.05, 4.69) is 11.1 Å². The van der Waals surface area contributed by atoms with Crippen LogP contribution in [-0.4, -0.2) is 57.9 Å². The smallest absolute Gasteiger partial charge is 0.303 e. The Kier molecular flexibility index (Phi) is 9.74. The molecular formula is C29H34N4O5. The Labute approximate surface area is 222 Å². The van der Waals surface area contributed by atoms with Gasteiger partial charge in [0.2, 0.25) is 0 Å². The number of carbonyl (C=O) groups excluding carboxylic acids is 2. The molecule has 38 heavy (non-hydrogen) atoms. The molecule has 0 radical (unpaired) electrons. The average Bonchev–Trinajstić information content (AvgIpc) is 3.15. The summed E-state index contributed by atoms with van der Waals surface area (Å²) in [5.74, 6) is -1.44. The molecule has 3 rings (SSSR count). The highest BCUT2D eigenvalue weighted by molar-refractivity contribution is 6.09. The van der Waals surface area contributed by atoms with Gasteiger partial charge in [-0.15, -0.1) is 0 Å². The molecule has 0 saturated carbocycles. The number of Topliss-reactive ketones (excluding diaryl/α,β-unsaturated/α-hetero) is 1. The molecule has 1 atom stereocenters. The van der Waals surface area contributed by atoms with Crippen molar-refractivity contribution in [1.29, 1.82) is 5.26 Å². The highest BCUT2D eigenvalue weighted by Gasteiger charge is 2.24. The fourth-order valence-corrected chi connectivity index (χ4v) is 4.55. The first-order valence-electron chi connectivity index (χ1n) is 12.6. The number of hydrogen-bond donors (Lipinski definition) is 1. The zero-order valence-corrected chi connectivity index (χ0v) is 22.4. The average molecular weight is 519 g/mol. The number of hydrogen-bond acceptors (Lipinski definition) is 6. The minimum atomic E-state index is -0.937. The SMILES string of the molecule is C[C@H](CC(=O)O)CC(=O)c1c(CCCCOCc2cccc(C(=O)N(C)C)c2)n(C)c2ncc(C#N)cc12. The van der Waals surface area contributed by atoms with Crippen molar-refractivity contribution >= 4 is 28.7 Å². The fourth-order valence-electron chi connectivity index (χ4n) is 4.55. The molecule has 0 aliphatic rings. The van der Waals surface area contributed by atoms with Crippen LogP contribution in [0.1, 0.15) is 70.1 Å². The van der Waals surface area contributed by atoms with E-state index < -0.39 is 5.97 Å². The fraction of sp³-hybridized carbons (Fsp3) is 0.414. The van der Waals surface area contributed by atoms with E-state index in [9.17, 15) is 19.6 Å². The second kappa shape index (κ2) is 13.0. The Bertz CT molecular complexity index is 1370. The molecule has 0 saturated heterocycles. The Balaban J connectivity index is 1.67. The number of aliphatic carboxylic acids is 1. The molecule has 2 heterocycles. The summed E-state index contributed by atoms with van der Waals surface area (Å²) in [5, 5.41) is 19.1. The number of rotatable bonds is 13. The van der Waals surface area contributed by atoms with Crippen molar-refractivity contribution in [2.45, 2.75) is 45.6 Å². The number of amides is 1. The molecular weight excluding hydrogens is 484 g/mol. The highest BCUT2D eigenvalue weighted by atomic mass is 16.5. The predicted octanol–water partition coefficient (Wildman–Crippen LogP) is 4.37. The van der Waals surface area contributed by atoms with Gasteiger partial charge in [-0.2, -0.15) is 5.26 Å². The number of aryl methyl sites for hydroxylation is 1. The summed E-state index contributed by atoms with van der Waals surface area (Å²) in [7, 11) is 5.29. The van der Waals surface area contributed by atoms with Gasteiger partial charge in [0, 0.05) is 69.0 Å². The summed E-state index contributed by atoms with van der Waals surface area (Å²) in [4.78, 5) is 42.5. The van der Waals surface area contributed by atoms with Gasteiger partial charge in [-0.3, -0.25) is 14.4 Å². The van der Waals surface area contributed by atoms with Crippen LogP contribution in [0.15, 0.2) is 36.5 Å². The van der Waals surface area contributed by atoms with Crippen molar-refractivity contribution in [2.24, 2.45) is 13.0 Å². The minimum absolute atomic E-state index is 0.0547. The third kappa shape index (κ3) is 7.05. The van der Waals surface area contributed by atoms with Gasteiger partial charge in [0.1, 0.15) is 11.7 Å². The van der Waals surface area contributed by atoms with E-state index in [1.165, 1.54) is 11.1 Å². The van der Waals surface area contributed by atoms with E-state index in [0.717, 1.165) is 24.1 Å². The molecule has 0 unspecified atom stereocenters. The van der Waals surface area contributed by atoms with Crippen LogP contribution < -0.4 is 0 Å². The van der Waals surface area contributed by atoms with E-state index in [1.807, 2.05) is 29.8 Å². The van der Waals surface area contributed by atoms with Crippen molar-refractivity contribution < 1.29 is 24.2 Å². The van der Waals surface area contributed by atoms with Crippen LogP contribution in [0.25, 0.3) is 11.0 Å². The Morgan fingerprint density at radius 2 is 1.95 bits per heavy atom. The Hall–Kier alpha value is -4.03. The third-order valence-corrected chi connectivity index (χ3v) is 6.41. The summed E-state index contributed by atoms with van der Waals surface area (Å²) in [6.45, 7) is 2.67. The molecule has 0 bridgehead atoms. The molecule has 9 heteroatoms. The normalized spacial score (nSPS) is 11.8. The minimum Gasteiger partial charge on any atom is -0.481 e. The van der Waals surface area contributed by atoms with Gasteiger partial charge >= 0.3 is 5.97 Å². The highest BCUT2D eigenvalue weighted by Crippen LogP contribution is 2.29. The number of pyridine rings is 1. The zero-order chi connectivity index (χ0) is 27.8. The van der Waals surface area contributed by atoms with E-state index >= 15 is 0 Å². The molecule has 0 spiro atoms. The second-order valence-corrected chi connectivity index (χ2v) is 9.83. The summed E-state index contributed by atoms with van der Waals surface area (Å²) >= 11 is 0. The number of fused-ring (bicyclic) bond motifs is 1. The second-order valence-electron chi connectivity index (χ2n) is 9.83. The van der Waals surface area contributed by atoms with Crippen LogP contribution in [0.5, 0.6) is 0 Å². The Morgan fingerprint density at radius 1 is 1.18 bits per heavy atom. The van der Waals surface area contributed by atoms with Crippen molar-refractivity contribution in [3.05, 3.63) is 64.5 Å². The third-order valence-electron chi connectivity index (χ3n) is 6.41. The van der Waals surface area contributed by atoms with Gasteiger partial charge in [-0.1, -0.05) is 19.1 Å². The lowest BCUT2D eigenvalue weighted by Crippen LogP contribution is -2.21. The van der Waals surface area contributed by atoms with E-state index in [0.29, 0.717) is 47.4 Å². The van der Waals surface area contributed by atoms with Crippen LogP contribution in [0, 0.1) is 17.2 Å². The van der Waals surface area contributed by atoms with Crippen molar-refractivity contribution in [1.82, 2.24) is 14.5 Å². The molecule has 1 amide bonds. The van der Waals surface area contributed by atoms with Crippen LogP contribution in [0.2, 0.25) is 0 Å². The first-order valence-corrected chi connectivity index (χ1v) is 12.6. The number of carboxylic acids is 1. The van der Waals surface area contributed by atoms with Gasteiger partial charge in [-0.05, 0) is 48.9 Å². The molecule has 200 valence electrons. The first kappa shape index (κ1) is 28.5. The molecule has 9 nitrogen and oxygen atoms in total. The van der Waals surface area contributed by atoms with Crippen molar-refractivity contribution in [3.8, 4) is 6.07 Å². The number of carboxylic acid groups (broad SMARTS) is 1. The predicted molar refractivity (Wildman–Crippen MR) is 143 cm³/mol. The number of nitrogens with zero attached hydrogens (tertiary/aromatic N) is 4. The molecule has 0 fully saturated rings. The number of nitriles is 1. The maximum Gasteiger partial charge on any atom is 0.303 e. The molecule has 2 aromatic heterocycles. The van der Waals surface area contributed by atoms with E-state index in [1.54, 1.807) is 33.2 Å². The molecule has 0 aliphatic carbocycles. The lowest BCUT2D eigenvalue weighted by molar-refractivity contribution is -0.137. The van der Waals surface area contributed by atoms with Crippen molar-refractivity contribution in [3.63, 3.8) is 0 Å². The van der Waals surface area contributed by atoms with Crippen LogP contribution in [0.3, 0.4) is 0 Å². The summed E-state index contributed by atoms with van der Waals surface area (Å²) in [6, 6.07) is 11.1. The van der Waals surface area contributed by atoms with Crippen LogP contribution in [0.4, 0.5) is 0 Å². The van der Waals surface area contributed by atoms with E-state index in [4.69, 9.17) is 9.84 Å². The summed E-state index contributed by atoms with van der Waals surface area (Å²) in [6.07, 6.45) is 3.64. The molecule has 1 N–H and O–H groups in total. The van der Waals surface area contributed by atoms with E-state index in [-0.39, 0.29) is 30.4 Å². The maximum absolute atomic E-state index is 13.3. The van der Waals surface area contributed by atoms with Crippen LogP contribution >= 0.6 is 0 Å². The lowest BCUT2D eigenvalue weighted by atomic mass is 9.94. The largest absolute Gasteiger partial charge is 0.481 e. The van der Waals surface area contributed by atoms with Crippen molar-refractivity contribution in [2.75, 3.05) is 20.7 Å². The van der Waals surface area contributed by atoms with Gasteiger partial charge in [0.25, 0.3) is 5.91 Å². The number of aromatic nitrogens is 2. The Morgan fingerprint density at radius 3 is 2.63 bits per heavy atom. The quantitative estimate of drug-likeness (QED) is 0.263. The lowest BCUT2D eigenvalue weighted by Gasteiger charge is -2.12.